The molecule has 0 saturated carbocycles. The minimum atomic E-state index is -0.521. The molecule has 0 fully saturated rings. The largest absolute Gasteiger partial charge is 0.507 e. The summed E-state index contributed by atoms with van der Waals surface area (Å²) in [6, 6.07) is 17.3. The highest BCUT2D eigenvalue weighted by molar-refractivity contribution is 6.07. The number of amides is 1. The maximum atomic E-state index is 12.1. The fraction of sp³-hybridized carbons (Fsp3) is 0.143. The van der Waals surface area contributed by atoms with Crippen molar-refractivity contribution in [1.82, 2.24) is 5.43 Å². The van der Waals surface area contributed by atoms with Crippen molar-refractivity contribution in [2.24, 2.45) is 5.10 Å². The van der Waals surface area contributed by atoms with E-state index in [1.165, 1.54) is 12.1 Å². The summed E-state index contributed by atoms with van der Waals surface area (Å²) in [6.07, 6.45) is 0. The standard InChI is InChI=1S/C19H16N2O3.C2H6/c1-12(20-21-19(24)16-8-4-5-9-17(16)22)14-11-10-13-6-2-3-7-15(13)18(14)23;1-2/h2-11,22-23H,1H3,(H,21,24);1-2H3/b20-12+;. The minimum absolute atomic E-state index is 0.114. The first-order valence-electron chi connectivity index (χ1n) is 8.41. The van der Waals surface area contributed by atoms with Gasteiger partial charge in [-0.3, -0.25) is 4.79 Å². The van der Waals surface area contributed by atoms with Gasteiger partial charge in [-0.15, -0.1) is 0 Å². The van der Waals surface area contributed by atoms with Crippen LogP contribution in [0.4, 0.5) is 0 Å². The van der Waals surface area contributed by atoms with Crippen molar-refractivity contribution in [2.75, 3.05) is 0 Å². The van der Waals surface area contributed by atoms with E-state index in [0.29, 0.717) is 11.3 Å². The molecule has 0 aliphatic rings. The van der Waals surface area contributed by atoms with Crippen LogP contribution in [-0.2, 0) is 0 Å². The Labute approximate surface area is 152 Å². The lowest BCUT2D eigenvalue weighted by Crippen LogP contribution is -2.19. The van der Waals surface area contributed by atoms with Gasteiger partial charge < -0.3 is 10.2 Å². The topological polar surface area (TPSA) is 81.9 Å². The Morgan fingerprint density at radius 1 is 0.885 bits per heavy atom. The molecule has 0 aromatic heterocycles. The van der Waals surface area contributed by atoms with E-state index in [0.717, 1.165) is 10.8 Å². The zero-order valence-corrected chi connectivity index (χ0v) is 15.0. The third-order valence-corrected chi connectivity index (χ3v) is 3.76. The lowest BCUT2D eigenvalue weighted by Gasteiger charge is -2.08. The van der Waals surface area contributed by atoms with E-state index in [9.17, 15) is 15.0 Å². The number of nitrogens with one attached hydrogen (secondary N) is 1. The second kappa shape index (κ2) is 8.67. The quantitative estimate of drug-likeness (QED) is 0.483. The fourth-order valence-electron chi connectivity index (χ4n) is 2.47. The number of nitrogens with zero attached hydrogens (tertiary/aromatic N) is 1. The van der Waals surface area contributed by atoms with Crippen LogP contribution in [0.1, 0.15) is 36.7 Å². The molecule has 134 valence electrons. The Morgan fingerprint density at radius 2 is 1.54 bits per heavy atom. The number of rotatable bonds is 3. The molecule has 0 saturated heterocycles. The summed E-state index contributed by atoms with van der Waals surface area (Å²) in [7, 11) is 0. The summed E-state index contributed by atoms with van der Waals surface area (Å²) in [4.78, 5) is 12.1. The van der Waals surface area contributed by atoms with E-state index in [1.807, 2.05) is 44.2 Å². The van der Waals surface area contributed by atoms with Gasteiger partial charge in [-0.2, -0.15) is 5.10 Å². The zero-order chi connectivity index (χ0) is 19.1. The van der Waals surface area contributed by atoms with E-state index in [1.54, 1.807) is 25.1 Å². The van der Waals surface area contributed by atoms with E-state index in [2.05, 4.69) is 10.5 Å². The second-order valence-electron chi connectivity index (χ2n) is 5.34. The van der Waals surface area contributed by atoms with Crippen LogP contribution < -0.4 is 5.43 Å². The summed E-state index contributed by atoms with van der Waals surface area (Å²) in [5.41, 5.74) is 3.52. The SMILES string of the molecule is C/C(=N\NC(=O)c1ccccc1O)c1ccc2ccccc2c1O.CC. The van der Waals surface area contributed by atoms with Crippen molar-refractivity contribution in [2.45, 2.75) is 20.8 Å². The predicted octanol–water partition coefficient (Wildman–Crippen LogP) is 4.43. The van der Waals surface area contributed by atoms with Crippen LogP contribution >= 0.6 is 0 Å². The Morgan fingerprint density at radius 3 is 2.27 bits per heavy atom. The van der Waals surface area contributed by atoms with E-state index in [4.69, 9.17) is 0 Å². The van der Waals surface area contributed by atoms with Crippen molar-refractivity contribution in [3.8, 4) is 11.5 Å². The molecule has 3 rings (SSSR count). The number of phenols is 2. The smallest absolute Gasteiger partial charge is 0.275 e. The van der Waals surface area contributed by atoms with Gasteiger partial charge in [0, 0.05) is 10.9 Å². The van der Waals surface area contributed by atoms with Crippen LogP contribution in [0.15, 0.2) is 65.8 Å². The highest BCUT2D eigenvalue weighted by Crippen LogP contribution is 2.28. The number of phenolic OH excluding ortho intramolecular Hbond substituents is 2. The van der Waals surface area contributed by atoms with Gasteiger partial charge in [-0.1, -0.05) is 56.3 Å². The van der Waals surface area contributed by atoms with Crippen LogP contribution in [0.2, 0.25) is 0 Å². The van der Waals surface area contributed by atoms with Gasteiger partial charge in [0.25, 0.3) is 5.91 Å². The summed E-state index contributed by atoms with van der Waals surface area (Å²) < 4.78 is 0. The lowest BCUT2D eigenvalue weighted by atomic mass is 10.0. The Kier molecular flexibility index (Phi) is 6.33. The molecule has 0 aliphatic carbocycles. The lowest BCUT2D eigenvalue weighted by molar-refractivity contribution is 0.0952. The number of hydrazone groups is 1. The Balaban J connectivity index is 0.00000117. The van der Waals surface area contributed by atoms with Gasteiger partial charge in [0.15, 0.2) is 0 Å². The normalized spacial score (nSPS) is 10.8. The van der Waals surface area contributed by atoms with Crippen LogP contribution in [0.25, 0.3) is 10.8 Å². The van der Waals surface area contributed by atoms with Crippen LogP contribution in [-0.4, -0.2) is 21.8 Å². The third kappa shape index (κ3) is 4.00. The fourth-order valence-corrected chi connectivity index (χ4v) is 2.47. The minimum Gasteiger partial charge on any atom is -0.507 e. The average molecular weight is 350 g/mol. The number of benzene rings is 3. The molecule has 5 nitrogen and oxygen atoms in total. The molecule has 0 spiro atoms. The molecule has 3 aromatic rings. The molecule has 0 aliphatic heterocycles. The molecular weight excluding hydrogens is 328 g/mol. The number of hydrogen-bond acceptors (Lipinski definition) is 4. The molecule has 0 bridgehead atoms. The molecule has 0 radical (unpaired) electrons. The molecule has 5 heteroatoms. The van der Waals surface area contributed by atoms with Crippen LogP contribution in [0.5, 0.6) is 11.5 Å². The molecule has 0 heterocycles. The van der Waals surface area contributed by atoms with Gasteiger partial charge in [0.05, 0.1) is 11.3 Å². The molecule has 0 atom stereocenters. The number of carbonyl (C=O) groups is 1. The first kappa shape index (κ1) is 19.0. The molecule has 3 aromatic carbocycles. The van der Waals surface area contributed by atoms with Crippen molar-refractivity contribution >= 4 is 22.4 Å². The van der Waals surface area contributed by atoms with E-state index >= 15 is 0 Å². The Bertz CT molecular complexity index is 949. The van der Waals surface area contributed by atoms with Gasteiger partial charge >= 0.3 is 0 Å². The number of fused-ring (bicyclic) bond motifs is 1. The van der Waals surface area contributed by atoms with Crippen molar-refractivity contribution in [3.63, 3.8) is 0 Å². The monoisotopic (exact) mass is 350 g/mol. The molecule has 1 amide bonds. The van der Waals surface area contributed by atoms with Crippen LogP contribution in [0.3, 0.4) is 0 Å². The summed E-state index contributed by atoms with van der Waals surface area (Å²) in [5.74, 6) is -0.518. The number of aromatic hydroxyl groups is 2. The zero-order valence-electron chi connectivity index (χ0n) is 15.0. The third-order valence-electron chi connectivity index (χ3n) is 3.76. The van der Waals surface area contributed by atoms with E-state index in [-0.39, 0.29) is 17.1 Å². The van der Waals surface area contributed by atoms with Gasteiger partial charge in [0.1, 0.15) is 11.5 Å². The average Bonchev–Trinajstić information content (AvgIpc) is 2.68. The van der Waals surface area contributed by atoms with Gasteiger partial charge in [-0.05, 0) is 30.5 Å². The maximum absolute atomic E-state index is 12.1. The predicted molar refractivity (Wildman–Crippen MR) is 105 cm³/mol. The second-order valence-corrected chi connectivity index (χ2v) is 5.34. The van der Waals surface area contributed by atoms with Crippen molar-refractivity contribution in [3.05, 3.63) is 71.8 Å². The van der Waals surface area contributed by atoms with Gasteiger partial charge in [0.2, 0.25) is 0 Å². The first-order valence-corrected chi connectivity index (χ1v) is 8.41. The highest BCUT2D eigenvalue weighted by atomic mass is 16.3. The Hall–Kier alpha value is -3.34. The van der Waals surface area contributed by atoms with Crippen LogP contribution in [0, 0.1) is 0 Å². The summed E-state index contributed by atoms with van der Waals surface area (Å²) in [6.45, 7) is 5.69. The number of para-hydroxylation sites is 1. The molecule has 26 heavy (non-hydrogen) atoms. The molecule has 0 unspecified atom stereocenters. The van der Waals surface area contributed by atoms with E-state index < -0.39 is 5.91 Å². The van der Waals surface area contributed by atoms with Crippen molar-refractivity contribution in [1.29, 1.82) is 0 Å². The van der Waals surface area contributed by atoms with Gasteiger partial charge in [-0.25, -0.2) is 5.43 Å². The first-order chi connectivity index (χ1) is 12.6. The number of hydrogen-bond donors (Lipinski definition) is 3. The molecule has 3 N–H and O–H groups in total. The molecular formula is C21H22N2O3. The number of carbonyl (C=O) groups excluding carboxylic acids is 1. The van der Waals surface area contributed by atoms with Crippen molar-refractivity contribution < 1.29 is 15.0 Å². The highest BCUT2D eigenvalue weighted by Gasteiger charge is 2.11. The summed E-state index contributed by atoms with van der Waals surface area (Å²) in [5, 5.41) is 25.8. The maximum Gasteiger partial charge on any atom is 0.275 e. The summed E-state index contributed by atoms with van der Waals surface area (Å²) >= 11 is 0.